The summed E-state index contributed by atoms with van der Waals surface area (Å²) in [5.41, 5.74) is 1.35. The predicted octanol–water partition coefficient (Wildman–Crippen LogP) is 5.02. The first-order valence-electron chi connectivity index (χ1n) is 5.39. The average Bonchev–Trinajstić information content (AvgIpc) is 2.34. The SMILES string of the molecule is Cc1ccc(OCc2cc(Cl)ccc2Cl)cc1F. The molecule has 0 N–H and O–H groups in total. The first kappa shape index (κ1) is 13.2. The highest BCUT2D eigenvalue weighted by molar-refractivity contribution is 6.33. The summed E-state index contributed by atoms with van der Waals surface area (Å²) in [7, 11) is 0. The Morgan fingerprint density at radius 3 is 2.61 bits per heavy atom. The van der Waals surface area contributed by atoms with Crippen molar-refractivity contribution in [3.8, 4) is 5.75 Å². The van der Waals surface area contributed by atoms with Gasteiger partial charge in [0.05, 0.1) is 0 Å². The highest BCUT2D eigenvalue weighted by Gasteiger charge is 2.04. The van der Waals surface area contributed by atoms with Crippen LogP contribution in [0.2, 0.25) is 10.0 Å². The molecule has 2 aromatic rings. The van der Waals surface area contributed by atoms with Crippen molar-refractivity contribution in [2.75, 3.05) is 0 Å². The third-order valence-corrected chi connectivity index (χ3v) is 3.15. The molecule has 0 aromatic heterocycles. The largest absolute Gasteiger partial charge is 0.489 e. The van der Waals surface area contributed by atoms with E-state index in [1.807, 2.05) is 0 Å². The number of hydrogen-bond donors (Lipinski definition) is 0. The normalized spacial score (nSPS) is 10.4. The van der Waals surface area contributed by atoms with Gasteiger partial charge < -0.3 is 4.74 Å². The van der Waals surface area contributed by atoms with Crippen LogP contribution in [0.1, 0.15) is 11.1 Å². The lowest BCUT2D eigenvalue weighted by molar-refractivity contribution is 0.304. The minimum Gasteiger partial charge on any atom is -0.489 e. The van der Waals surface area contributed by atoms with Crippen molar-refractivity contribution < 1.29 is 9.13 Å². The van der Waals surface area contributed by atoms with Gasteiger partial charge in [-0.15, -0.1) is 0 Å². The molecule has 0 fully saturated rings. The third kappa shape index (κ3) is 3.15. The van der Waals surface area contributed by atoms with E-state index in [1.54, 1.807) is 37.3 Å². The molecule has 18 heavy (non-hydrogen) atoms. The first-order valence-corrected chi connectivity index (χ1v) is 6.15. The van der Waals surface area contributed by atoms with Crippen molar-refractivity contribution in [1.29, 1.82) is 0 Å². The van der Waals surface area contributed by atoms with Crippen molar-refractivity contribution in [3.05, 3.63) is 63.4 Å². The van der Waals surface area contributed by atoms with E-state index >= 15 is 0 Å². The van der Waals surface area contributed by atoms with Gasteiger partial charge in [-0.2, -0.15) is 0 Å². The minimum absolute atomic E-state index is 0.252. The van der Waals surface area contributed by atoms with Crippen LogP contribution in [0.5, 0.6) is 5.75 Å². The summed E-state index contributed by atoms with van der Waals surface area (Å²) in [6.07, 6.45) is 0. The number of rotatable bonds is 3. The second-order valence-electron chi connectivity index (χ2n) is 3.94. The summed E-state index contributed by atoms with van der Waals surface area (Å²) >= 11 is 11.9. The molecule has 2 aromatic carbocycles. The number of halogens is 3. The van der Waals surface area contributed by atoms with Crippen LogP contribution in [0.15, 0.2) is 36.4 Å². The fourth-order valence-electron chi connectivity index (χ4n) is 1.48. The molecule has 0 saturated heterocycles. The zero-order valence-electron chi connectivity index (χ0n) is 9.71. The molecule has 0 bridgehead atoms. The minimum atomic E-state index is -0.287. The van der Waals surface area contributed by atoms with Crippen LogP contribution >= 0.6 is 23.2 Å². The molecule has 0 spiro atoms. The Morgan fingerprint density at radius 2 is 1.89 bits per heavy atom. The van der Waals surface area contributed by atoms with Crippen molar-refractivity contribution in [2.24, 2.45) is 0 Å². The summed E-state index contributed by atoms with van der Waals surface area (Å²) < 4.78 is 18.8. The van der Waals surface area contributed by atoms with Crippen LogP contribution < -0.4 is 4.74 Å². The third-order valence-electron chi connectivity index (χ3n) is 2.55. The number of ether oxygens (including phenoxy) is 1. The molecule has 0 amide bonds. The molecular formula is C14H11Cl2FO. The maximum absolute atomic E-state index is 13.3. The van der Waals surface area contributed by atoms with Gasteiger partial charge in [-0.25, -0.2) is 4.39 Å². The van der Waals surface area contributed by atoms with E-state index in [4.69, 9.17) is 27.9 Å². The molecule has 4 heteroatoms. The molecule has 0 aliphatic carbocycles. The van der Waals surface area contributed by atoms with Crippen molar-refractivity contribution in [3.63, 3.8) is 0 Å². The van der Waals surface area contributed by atoms with E-state index < -0.39 is 0 Å². The van der Waals surface area contributed by atoms with Crippen LogP contribution in [0.25, 0.3) is 0 Å². The quantitative estimate of drug-likeness (QED) is 0.769. The molecule has 0 unspecified atom stereocenters. The molecule has 0 radical (unpaired) electrons. The second kappa shape index (κ2) is 5.59. The van der Waals surface area contributed by atoms with Crippen LogP contribution in [0.3, 0.4) is 0 Å². The summed E-state index contributed by atoms with van der Waals surface area (Å²) in [4.78, 5) is 0. The predicted molar refractivity (Wildman–Crippen MR) is 71.9 cm³/mol. The average molecular weight is 285 g/mol. The van der Waals surface area contributed by atoms with E-state index in [2.05, 4.69) is 0 Å². The smallest absolute Gasteiger partial charge is 0.129 e. The van der Waals surface area contributed by atoms with Gasteiger partial charge in [0.2, 0.25) is 0 Å². The van der Waals surface area contributed by atoms with Crippen LogP contribution in [-0.4, -0.2) is 0 Å². The van der Waals surface area contributed by atoms with Gasteiger partial charge in [0.1, 0.15) is 18.2 Å². The zero-order chi connectivity index (χ0) is 13.1. The van der Waals surface area contributed by atoms with Crippen molar-refractivity contribution in [1.82, 2.24) is 0 Å². The molecule has 1 nitrogen and oxygen atoms in total. The van der Waals surface area contributed by atoms with Gasteiger partial charge in [0, 0.05) is 21.7 Å². The van der Waals surface area contributed by atoms with E-state index in [0.29, 0.717) is 21.4 Å². The Hall–Kier alpha value is -1.25. The fourth-order valence-corrected chi connectivity index (χ4v) is 1.85. The Morgan fingerprint density at radius 1 is 1.11 bits per heavy atom. The summed E-state index contributed by atoms with van der Waals surface area (Å²) in [5, 5.41) is 1.17. The van der Waals surface area contributed by atoms with Gasteiger partial charge >= 0.3 is 0 Å². The highest BCUT2D eigenvalue weighted by Crippen LogP contribution is 2.23. The second-order valence-corrected chi connectivity index (χ2v) is 4.78. The fraction of sp³-hybridized carbons (Fsp3) is 0.143. The number of aryl methyl sites for hydroxylation is 1. The van der Waals surface area contributed by atoms with Gasteiger partial charge in [-0.1, -0.05) is 29.3 Å². The van der Waals surface area contributed by atoms with Crippen LogP contribution in [0.4, 0.5) is 4.39 Å². The number of hydrogen-bond acceptors (Lipinski definition) is 1. The molecule has 0 aliphatic heterocycles. The van der Waals surface area contributed by atoms with Gasteiger partial charge in [0.15, 0.2) is 0 Å². The van der Waals surface area contributed by atoms with Gasteiger partial charge in [-0.05, 0) is 36.8 Å². The first-order chi connectivity index (χ1) is 8.56. The van der Waals surface area contributed by atoms with Gasteiger partial charge in [0.25, 0.3) is 0 Å². The molecular weight excluding hydrogens is 274 g/mol. The lowest BCUT2D eigenvalue weighted by Crippen LogP contribution is -1.97. The maximum atomic E-state index is 13.3. The van der Waals surface area contributed by atoms with E-state index in [0.717, 1.165) is 5.56 Å². The molecule has 0 saturated carbocycles. The van der Waals surface area contributed by atoms with E-state index in [1.165, 1.54) is 6.07 Å². The monoisotopic (exact) mass is 284 g/mol. The van der Waals surface area contributed by atoms with Crippen molar-refractivity contribution >= 4 is 23.2 Å². The van der Waals surface area contributed by atoms with Crippen molar-refractivity contribution in [2.45, 2.75) is 13.5 Å². The Bertz CT molecular complexity index is 570. The zero-order valence-corrected chi connectivity index (χ0v) is 11.2. The molecule has 0 aliphatic rings. The van der Waals surface area contributed by atoms with E-state index in [-0.39, 0.29) is 12.4 Å². The molecule has 2 rings (SSSR count). The lowest BCUT2D eigenvalue weighted by Gasteiger charge is -2.09. The van der Waals surface area contributed by atoms with Crippen LogP contribution in [0, 0.1) is 12.7 Å². The topological polar surface area (TPSA) is 9.23 Å². The lowest BCUT2D eigenvalue weighted by atomic mass is 10.2. The number of benzene rings is 2. The summed E-state index contributed by atoms with van der Waals surface area (Å²) in [6.45, 7) is 1.95. The van der Waals surface area contributed by atoms with E-state index in [9.17, 15) is 4.39 Å². The summed E-state index contributed by atoms with van der Waals surface area (Å²) in [6, 6.07) is 9.89. The summed E-state index contributed by atoms with van der Waals surface area (Å²) in [5.74, 6) is 0.179. The van der Waals surface area contributed by atoms with Crippen LogP contribution in [-0.2, 0) is 6.61 Å². The Balaban J connectivity index is 2.11. The highest BCUT2D eigenvalue weighted by atomic mass is 35.5. The maximum Gasteiger partial charge on any atom is 0.129 e. The standard InChI is InChI=1S/C14H11Cl2FO/c1-9-2-4-12(7-14(9)17)18-8-10-6-11(15)3-5-13(10)16/h2-7H,8H2,1H3. The Labute approximate surface area is 115 Å². The van der Waals surface area contributed by atoms with Gasteiger partial charge in [-0.3, -0.25) is 0 Å². The molecule has 94 valence electrons. The Kier molecular flexibility index (Phi) is 4.10. The molecule has 0 atom stereocenters. The molecule has 0 heterocycles.